The highest BCUT2D eigenvalue weighted by Gasteiger charge is 2.22. The molecule has 1 N–H and O–H groups in total. The second kappa shape index (κ2) is 7.39. The first-order valence-electron chi connectivity index (χ1n) is 8.88. The first-order chi connectivity index (χ1) is 12.8. The van der Waals surface area contributed by atoms with Gasteiger partial charge in [-0.05, 0) is 36.6 Å². The van der Waals surface area contributed by atoms with Gasteiger partial charge in [-0.2, -0.15) is 5.10 Å². The molecule has 1 amide bonds. The first-order valence-corrected chi connectivity index (χ1v) is 8.88. The molecule has 0 atom stereocenters. The number of nitrogens with one attached hydrogen (secondary N) is 1. The molecular formula is C20H21N5O. The Labute approximate surface area is 152 Å². The van der Waals surface area contributed by atoms with E-state index in [4.69, 9.17) is 0 Å². The van der Waals surface area contributed by atoms with Crippen LogP contribution in [0.4, 0.5) is 17.1 Å². The maximum Gasteiger partial charge on any atom is 0.224 e. The van der Waals surface area contributed by atoms with Gasteiger partial charge in [0, 0.05) is 25.2 Å². The van der Waals surface area contributed by atoms with Crippen LogP contribution in [0.1, 0.15) is 18.4 Å². The third kappa shape index (κ3) is 3.44. The number of anilines is 3. The van der Waals surface area contributed by atoms with Crippen molar-refractivity contribution in [1.82, 2.24) is 14.8 Å². The smallest absolute Gasteiger partial charge is 0.224 e. The maximum atomic E-state index is 12.4. The number of carbonyl (C=O) groups is 1. The number of rotatable bonds is 6. The molecule has 0 bridgehead atoms. The van der Waals surface area contributed by atoms with Gasteiger partial charge in [0.15, 0.2) is 0 Å². The van der Waals surface area contributed by atoms with E-state index in [9.17, 15) is 4.79 Å². The Bertz CT molecular complexity index is 891. The lowest BCUT2D eigenvalue weighted by Gasteiger charge is -2.23. The molecule has 0 saturated carbocycles. The van der Waals surface area contributed by atoms with E-state index >= 15 is 0 Å². The van der Waals surface area contributed by atoms with Crippen molar-refractivity contribution in [2.75, 3.05) is 16.8 Å². The fourth-order valence-electron chi connectivity index (χ4n) is 3.37. The summed E-state index contributed by atoms with van der Waals surface area (Å²) in [6.07, 6.45) is 5.37. The number of para-hydroxylation sites is 3. The molecule has 132 valence electrons. The van der Waals surface area contributed by atoms with Gasteiger partial charge in [0.1, 0.15) is 12.7 Å². The van der Waals surface area contributed by atoms with Crippen LogP contribution in [0.15, 0.2) is 61.2 Å². The Balaban J connectivity index is 1.44. The molecule has 3 aromatic rings. The van der Waals surface area contributed by atoms with Crippen molar-refractivity contribution in [1.29, 1.82) is 0 Å². The molecule has 0 fully saturated rings. The summed E-state index contributed by atoms with van der Waals surface area (Å²) < 4.78 is 1.74. The fourth-order valence-corrected chi connectivity index (χ4v) is 3.37. The van der Waals surface area contributed by atoms with Crippen LogP contribution in [0.25, 0.3) is 0 Å². The number of fused-ring (bicyclic) bond motifs is 1. The van der Waals surface area contributed by atoms with Gasteiger partial charge in [-0.1, -0.05) is 30.3 Å². The molecule has 0 spiro atoms. The molecular weight excluding hydrogens is 326 g/mol. The highest BCUT2D eigenvalue weighted by molar-refractivity contribution is 5.95. The lowest BCUT2D eigenvalue weighted by atomic mass is 10.1. The number of carbonyl (C=O) groups excluding carboxylic acids is 1. The second-order valence-electron chi connectivity index (χ2n) is 6.36. The quantitative estimate of drug-likeness (QED) is 0.742. The number of nitrogens with zero attached hydrogens (tertiary/aromatic N) is 4. The minimum absolute atomic E-state index is 0.0186. The van der Waals surface area contributed by atoms with Gasteiger partial charge >= 0.3 is 0 Å². The minimum Gasteiger partial charge on any atom is -0.339 e. The summed E-state index contributed by atoms with van der Waals surface area (Å²) in [7, 11) is 0. The average Bonchev–Trinajstić information content (AvgIpc) is 3.32. The summed E-state index contributed by atoms with van der Waals surface area (Å²) in [5, 5.41) is 7.12. The predicted molar refractivity (Wildman–Crippen MR) is 101 cm³/mol. The highest BCUT2D eigenvalue weighted by Crippen LogP contribution is 2.38. The number of hydrogen-bond acceptors (Lipinski definition) is 4. The summed E-state index contributed by atoms with van der Waals surface area (Å²) in [4.78, 5) is 18.6. The zero-order chi connectivity index (χ0) is 17.8. The van der Waals surface area contributed by atoms with Crippen molar-refractivity contribution in [3.05, 3.63) is 66.7 Å². The van der Waals surface area contributed by atoms with Gasteiger partial charge in [0.25, 0.3) is 0 Å². The van der Waals surface area contributed by atoms with Crippen molar-refractivity contribution >= 4 is 23.0 Å². The lowest BCUT2D eigenvalue weighted by Crippen LogP contribution is -2.18. The van der Waals surface area contributed by atoms with Crippen LogP contribution in [0.5, 0.6) is 0 Å². The van der Waals surface area contributed by atoms with Crippen LogP contribution < -0.4 is 10.2 Å². The van der Waals surface area contributed by atoms with Crippen molar-refractivity contribution in [3.63, 3.8) is 0 Å². The van der Waals surface area contributed by atoms with Gasteiger partial charge in [-0.15, -0.1) is 0 Å². The Morgan fingerprint density at radius 1 is 1.08 bits per heavy atom. The van der Waals surface area contributed by atoms with E-state index in [0.29, 0.717) is 13.0 Å². The monoisotopic (exact) mass is 347 g/mol. The topological polar surface area (TPSA) is 63.1 Å². The fraction of sp³-hybridized carbons (Fsp3) is 0.250. The van der Waals surface area contributed by atoms with Crippen molar-refractivity contribution in [3.8, 4) is 0 Å². The molecule has 0 saturated heterocycles. The SMILES string of the molecule is O=C(CCCn1cncn1)Nc1ccccc1N1CCc2ccccc21. The zero-order valence-electron chi connectivity index (χ0n) is 14.5. The van der Waals surface area contributed by atoms with Gasteiger partial charge in [-0.25, -0.2) is 4.98 Å². The number of benzene rings is 2. The summed E-state index contributed by atoms with van der Waals surface area (Å²) in [5.74, 6) is 0.0186. The number of amides is 1. The van der Waals surface area contributed by atoms with Gasteiger partial charge in [0.2, 0.25) is 5.91 Å². The highest BCUT2D eigenvalue weighted by atomic mass is 16.1. The molecule has 0 aliphatic carbocycles. The summed E-state index contributed by atoms with van der Waals surface area (Å²) in [6.45, 7) is 1.62. The summed E-state index contributed by atoms with van der Waals surface area (Å²) in [5.41, 5.74) is 4.47. The Morgan fingerprint density at radius 2 is 1.88 bits per heavy atom. The van der Waals surface area contributed by atoms with Gasteiger partial charge in [0.05, 0.1) is 11.4 Å². The van der Waals surface area contributed by atoms with E-state index in [0.717, 1.165) is 30.8 Å². The Hall–Kier alpha value is -3.15. The van der Waals surface area contributed by atoms with Crippen molar-refractivity contribution < 1.29 is 4.79 Å². The summed E-state index contributed by atoms with van der Waals surface area (Å²) >= 11 is 0. The van der Waals surface area contributed by atoms with Crippen LogP contribution in [0, 0.1) is 0 Å². The largest absolute Gasteiger partial charge is 0.339 e. The van der Waals surface area contributed by atoms with E-state index in [1.54, 1.807) is 11.0 Å². The molecule has 1 aromatic heterocycles. The molecule has 1 aliphatic heterocycles. The Morgan fingerprint density at radius 3 is 2.73 bits per heavy atom. The minimum atomic E-state index is 0.0186. The third-order valence-electron chi connectivity index (χ3n) is 4.61. The molecule has 2 heterocycles. The molecule has 1 aliphatic rings. The van der Waals surface area contributed by atoms with Crippen LogP contribution in [0.2, 0.25) is 0 Å². The third-order valence-corrected chi connectivity index (χ3v) is 4.61. The van der Waals surface area contributed by atoms with Crippen molar-refractivity contribution in [2.45, 2.75) is 25.8 Å². The predicted octanol–water partition coefficient (Wildman–Crippen LogP) is 3.39. The number of hydrogen-bond donors (Lipinski definition) is 1. The average molecular weight is 347 g/mol. The number of aryl methyl sites for hydroxylation is 1. The zero-order valence-corrected chi connectivity index (χ0v) is 14.5. The molecule has 0 radical (unpaired) electrons. The maximum absolute atomic E-state index is 12.4. The molecule has 0 unspecified atom stereocenters. The Kier molecular flexibility index (Phi) is 4.64. The van der Waals surface area contributed by atoms with E-state index in [2.05, 4.69) is 50.6 Å². The normalized spacial score (nSPS) is 12.8. The lowest BCUT2D eigenvalue weighted by molar-refractivity contribution is -0.116. The van der Waals surface area contributed by atoms with Crippen LogP contribution in [0.3, 0.4) is 0 Å². The van der Waals surface area contributed by atoms with Crippen LogP contribution >= 0.6 is 0 Å². The van der Waals surface area contributed by atoms with Gasteiger partial charge < -0.3 is 10.2 Å². The van der Waals surface area contributed by atoms with E-state index in [-0.39, 0.29) is 5.91 Å². The second-order valence-corrected chi connectivity index (χ2v) is 6.36. The van der Waals surface area contributed by atoms with Crippen LogP contribution in [-0.4, -0.2) is 27.2 Å². The first kappa shape index (κ1) is 16.3. The van der Waals surface area contributed by atoms with Crippen LogP contribution in [-0.2, 0) is 17.8 Å². The molecule has 6 heteroatoms. The van der Waals surface area contributed by atoms with Crippen molar-refractivity contribution in [2.24, 2.45) is 0 Å². The standard InChI is InChI=1S/C20H21N5O/c26-20(10-5-12-24-15-21-14-22-24)23-17-7-2-4-9-19(17)25-13-11-16-6-1-3-8-18(16)25/h1-4,6-9,14-15H,5,10-13H2,(H,23,26). The molecule has 6 nitrogen and oxygen atoms in total. The number of aromatic nitrogens is 3. The molecule has 26 heavy (non-hydrogen) atoms. The van der Waals surface area contributed by atoms with E-state index in [1.165, 1.54) is 17.6 Å². The molecule has 2 aromatic carbocycles. The van der Waals surface area contributed by atoms with E-state index in [1.807, 2.05) is 18.2 Å². The molecule has 4 rings (SSSR count). The van der Waals surface area contributed by atoms with E-state index < -0.39 is 0 Å². The van der Waals surface area contributed by atoms with Gasteiger partial charge in [-0.3, -0.25) is 9.48 Å². The summed E-state index contributed by atoms with van der Waals surface area (Å²) in [6, 6.07) is 16.4.